The highest BCUT2D eigenvalue weighted by Gasteiger charge is 2.23. The van der Waals surface area contributed by atoms with Gasteiger partial charge in [-0.15, -0.1) is 0 Å². The van der Waals surface area contributed by atoms with Gasteiger partial charge in [0.1, 0.15) is 5.82 Å². The first-order valence-corrected chi connectivity index (χ1v) is 9.64. The first kappa shape index (κ1) is 15.5. The minimum Gasteiger partial charge on any atom is -0.327 e. The second-order valence-electron chi connectivity index (χ2n) is 6.45. The van der Waals surface area contributed by atoms with Gasteiger partial charge in [-0.3, -0.25) is 4.90 Å². The molecule has 5 nitrogen and oxygen atoms in total. The summed E-state index contributed by atoms with van der Waals surface area (Å²) in [7, 11) is -2.83. The van der Waals surface area contributed by atoms with Crippen molar-refractivity contribution in [3.05, 3.63) is 30.1 Å². The molecule has 3 rings (SSSR count). The summed E-state index contributed by atoms with van der Waals surface area (Å²) in [6, 6.07) is 8.19. The van der Waals surface area contributed by atoms with Crippen molar-refractivity contribution in [3.8, 4) is 0 Å². The molecule has 0 aliphatic carbocycles. The quantitative estimate of drug-likeness (QED) is 0.863. The molecule has 0 saturated carbocycles. The molecule has 2 heterocycles. The molecule has 1 aromatic carbocycles. The van der Waals surface area contributed by atoms with Crippen LogP contribution in [0.25, 0.3) is 11.0 Å². The van der Waals surface area contributed by atoms with E-state index in [1.807, 2.05) is 18.2 Å². The summed E-state index contributed by atoms with van der Waals surface area (Å²) >= 11 is 0. The molecule has 0 atom stereocenters. The molecule has 1 aliphatic rings. The Labute approximate surface area is 131 Å². The summed E-state index contributed by atoms with van der Waals surface area (Å²) in [5.41, 5.74) is 2.18. The lowest BCUT2D eigenvalue weighted by atomic mass is 10.2. The summed E-state index contributed by atoms with van der Waals surface area (Å²) < 4.78 is 25.4. The Bertz CT molecular complexity index is 751. The van der Waals surface area contributed by atoms with Crippen molar-refractivity contribution in [2.75, 3.05) is 24.6 Å². The number of aromatic nitrogens is 2. The Balaban J connectivity index is 1.86. The van der Waals surface area contributed by atoms with Gasteiger partial charge in [0.05, 0.1) is 29.1 Å². The van der Waals surface area contributed by atoms with Crippen LogP contribution in [0.3, 0.4) is 0 Å². The van der Waals surface area contributed by atoms with Crippen LogP contribution >= 0.6 is 0 Å². The predicted molar refractivity (Wildman–Crippen MR) is 88.5 cm³/mol. The lowest BCUT2D eigenvalue weighted by Crippen LogP contribution is -2.40. The fourth-order valence-corrected chi connectivity index (χ4v) is 4.20. The van der Waals surface area contributed by atoms with Crippen molar-refractivity contribution in [3.63, 3.8) is 0 Å². The summed E-state index contributed by atoms with van der Waals surface area (Å²) in [5.74, 6) is 2.10. The van der Waals surface area contributed by atoms with Gasteiger partial charge in [0.25, 0.3) is 0 Å². The molecule has 0 unspecified atom stereocenters. The van der Waals surface area contributed by atoms with E-state index in [0.29, 0.717) is 19.0 Å². The van der Waals surface area contributed by atoms with Gasteiger partial charge >= 0.3 is 0 Å². The Morgan fingerprint density at radius 1 is 1.18 bits per heavy atom. The molecule has 0 radical (unpaired) electrons. The normalized spacial score (nSPS) is 19.0. The van der Waals surface area contributed by atoms with Crippen LogP contribution in [-0.2, 0) is 22.9 Å². The molecule has 120 valence electrons. The van der Waals surface area contributed by atoms with E-state index in [2.05, 4.69) is 29.4 Å². The van der Waals surface area contributed by atoms with Crippen LogP contribution in [-0.4, -0.2) is 47.5 Å². The third kappa shape index (κ3) is 3.33. The van der Waals surface area contributed by atoms with Crippen LogP contribution in [0.4, 0.5) is 0 Å². The molecule has 22 heavy (non-hydrogen) atoms. The average molecular weight is 321 g/mol. The van der Waals surface area contributed by atoms with Crippen molar-refractivity contribution in [1.29, 1.82) is 0 Å². The summed E-state index contributed by atoms with van der Waals surface area (Å²) in [5, 5.41) is 0. The molecule has 1 aromatic heterocycles. The maximum atomic E-state index is 11.6. The zero-order valence-corrected chi connectivity index (χ0v) is 14.0. The van der Waals surface area contributed by atoms with Crippen LogP contribution in [0.5, 0.6) is 0 Å². The predicted octanol–water partition coefficient (Wildman–Crippen LogP) is 1.92. The third-order valence-corrected chi connectivity index (χ3v) is 5.69. The fraction of sp³-hybridized carbons (Fsp3) is 0.562. The smallest absolute Gasteiger partial charge is 0.152 e. The van der Waals surface area contributed by atoms with Crippen molar-refractivity contribution in [1.82, 2.24) is 14.5 Å². The Hall–Kier alpha value is -1.40. The number of imidazole rings is 1. The van der Waals surface area contributed by atoms with Gasteiger partial charge in [-0.1, -0.05) is 26.0 Å². The number of benzene rings is 1. The largest absolute Gasteiger partial charge is 0.327 e. The van der Waals surface area contributed by atoms with Gasteiger partial charge < -0.3 is 4.57 Å². The number of fused-ring (bicyclic) bond motifs is 1. The zero-order valence-electron chi connectivity index (χ0n) is 13.2. The van der Waals surface area contributed by atoms with Crippen molar-refractivity contribution in [2.45, 2.75) is 26.9 Å². The van der Waals surface area contributed by atoms with E-state index in [-0.39, 0.29) is 11.5 Å². The van der Waals surface area contributed by atoms with E-state index < -0.39 is 9.84 Å². The van der Waals surface area contributed by atoms with Gasteiger partial charge in [0, 0.05) is 19.6 Å². The van der Waals surface area contributed by atoms with E-state index in [1.54, 1.807) is 0 Å². The molecule has 1 aliphatic heterocycles. The number of hydrogen-bond donors (Lipinski definition) is 0. The van der Waals surface area contributed by atoms with Crippen LogP contribution in [0.15, 0.2) is 24.3 Å². The maximum Gasteiger partial charge on any atom is 0.152 e. The minimum absolute atomic E-state index is 0.261. The molecule has 2 aromatic rings. The first-order valence-electron chi connectivity index (χ1n) is 7.81. The molecule has 0 bridgehead atoms. The number of hydrogen-bond acceptors (Lipinski definition) is 4. The van der Waals surface area contributed by atoms with Crippen LogP contribution < -0.4 is 0 Å². The monoisotopic (exact) mass is 321 g/mol. The number of rotatable bonds is 4. The van der Waals surface area contributed by atoms with Gasteiger partial charge in [0.2, 0.25) is 0 Å². The van der Waals surface area contributed by atoms with E-state index in [1.165, 1.54) is 0 Å². The highest BCUT2D eigenvalue weighted by Crippen LogP contribution is 2.19. The van der Waals surface area contributed by atoms with E-state index in [4.69, 9.17) is 4.98 Å². The number of sulfone groups is 1. The maximum absolute atomic E-state index is 11.6. The summed E-state index contributed by atoms with van der Waals surface area (Å²) in [6.07, 6.45) is 0. The third-order valence-electron chi connectivity index (χ3n) is 4.08. The molecule has 0 spiro atoms. The summed E-state index contributed by atoms with van der Waals surface area (Å²) in [4.78, 5) is 6.96. The molecular formula is C16H23N3O2S. The summed E-state index contributed by atoms with van der Waals surface area (Å²) in [6.45, 7) is 7.26. The fourth-order valence-electron chi connectivity index (χ4n) is 2.92. The molecule has 0 N–H and O–H groups in total. The topological polar surface area (TPSA) is 55.2 Å². The average Bonchev–Trinajstić information content (AvgIpc) is 2.79. The second kappa shape index (κ2) is 6.01. The van der Waals surface area contributed by atoms with Gasteiger partial charge in [-0.2, -0.15) is 0 Å². The highest BCUT2D eigenvalue weighted by molar-refractivity contribution is 7.91. The Morgan fingerprint density at radius 3 is 2.55 bits per heavy atom. The van der Waals surface area contributed by atoms with Gasteiger partial charge in [0.15, 0.2) is 9.84 Å². The number of nitrogens with zero attached hydrogens (tertiary/aromatic N) is 3. The Morgan fingerprint density at radius 2 is 1.86 bits per heavy atom. The van der Waals surface area contributed by atoms with E-state index in [0.717, 1.165) is 29.9 Å². The number of para-hydroxylation sites is 2. The van der Waals surface area contributed by atoms with Gasteiger partial charge in [-0.25, -0.2) is 13.4 Å². The second-order valence-corrected chi connectivity index (χ2v) is 8.75. The first-order chi connectivity index (χ1) is 10.4. The Kier molecular flexibility index (Phi) is 4.23. The van der Waals surface area contributed by atoms with E-state index in [9.17, 15) is 8.42 Å². The van der Waals surface area contributed by atoms with E-state index >= 15 is 0 Å². The van der Waals surface area contributed by atoms with Gasteiger partial charge in [-0.05, 0) is 18.1 Å². The molecule has 1 saturated heterocycles. The molecule has 6 heteroatoms. The minimum atomic E-state index is -2.83. The van der Waals surface area contributed by atoms with Crippen LogP contribution in [0, 0.1) is 5.92 Å². The molecule has 1 fully saturated rings. The van der Waals surface area contributed by atoms with Crippen molar-refractivity contribution < 1.29 is 8.42 Å². The highest BCUT2D eigenvalue weighted by atomic mass is 32.2. The molecular weight excluding hydrogens is 298 g/mol. The van der Waals surface area contributed by atoms with Crippen LogP contribution in [0.1, 0.15) is 19.7 Å². The zero-order chi connectivity index (χ0) is 15.7. The lowest BCUT2D eigenvalue weighted by molar-refractivity contribution is 0.275. The SMILES string of the molecule is CC(C)Cn1c(CN2CCS(=O)(=O)CC2)nc2ccccc21. The molecule has 0 amide bonds. The van der Waals surface area contributed by atoms with Crippen molar-refractivity contribution >= 4 is 20.9 Å². The lowest BCUT2D eigenvalue weighted by Gasteiger charge is -2.26. The standard InChI is InChI=1S/C16H23N3O2S/c1-13(2)11-19-15-6-4-3-5-14(15)17-16(19)12-18-7-9-22(20,21)10-8-18/h3-6,13H,7-12H2,1-2H3. The van der Waals surface area contributed by atoms with Crippen LogP contribution in [0.2, 0.25) is 0 Å². The van der Waals surface area contributed by atoms with Crippen molar-refractivity contribution in [2.24, 2.45) is 5.92 Å².